The van der Waals surface area contributed by atoms with Crippen molar-refractivity contribution in [1.29, 1.82) is 0 Å². The van der Waals surface area contributed by atoms with Gasteiger partial charge in [0.05, 0.1) is 10.5 Å². The summed E-state index contributed by atoms with van der Waals surface area (Å²) in [6.07, 6.45) is -3.43. The molecule has 1 aliphatic rings. The molecule has 0 radical (unpaired) electrons. The molecule has 1 saturated heterocycles. The van der Waals surface area contributed by atoms with E-state index in [1.54, 1.807) is 19.2 Å². The van der Waals surface area contributed by atoms with Gasteiger partial charge in [-0.2, -0.15) is 13.2 Å². The minimum Gasteiger partial charge on any atom is -0.352 e. The maximum Gasteiger partial charge on any atom is 0.416 e. The summed E-state index contributed by atoms with van der Waals surface area (Å²) in [5.41, 5.74) is 1.14. The first-order valence-corrected chi connectivity index (χ1v) is 9.83. The molecular formula is C21H24F3N5O2. The average Bonchev–Trinajstić information content (AvgIpc) is 3.18. The summed E-state index contributed by atoms with van der Waals surface area (Å²) in [7, 11) is 1.67. The molecule has 2 aromatic carbocycles. The zero-order chi connectivity index (χ0) is 22.4. The number of aliphatic imine (C=N–C) groups is 1. The Bertz CT molecular complexity index is 914. The fourth-order valence-corrected chi connectivity index (χ4v) is 3.46. The van der Waals surface area contributed by atoms with Gasteiger partial charge in [0.1, 0.15) is 0 Å². The molecule has 1 aliphatic heterocycles. The van der Waals surface area contributed by atoms with E-state index in [0.717, 1.165) is 42.8 Å². The molecule has 31 heavy (non-hydrogen) atoms. The van der Waals surface area contributed by atoms with Crippen LogP contribution in [-0.4, -0.2) is 42.0 Å². The van der Waals surface area contributed by atoms with Gasteiger partial charge >= 0.3 is 6.18 Å². The Morgan fingerprint density at radius 3 is 2.39 bits per heavy atom. The molecule has 2 aromatic rings. The first-order chi connectivity index (χ1) is 14.7. The second-order valence-electron chi connectivity index (χ2n) is 7.41. The van der Waals surface area contributed by atoms with Crippen molar-refractivity contribution in [3.8, 4) is 0 Å². The lowest BCUT2D eigenvalue weighted by Crippen LogP contribution is -2.44. The van der Waals surface area contributed by atoms with Crippen molar-refractivity contribution in [3.05, 3.63) is 75.3 Å². The van der Waals surface area contributed by atoms with E-state index in [0.29, 0.717) is 19.0 Å². The standard InChI is InChI=1S/C21H24F3N5O2/c1-25-20(26-12-15-4-8-19(9-5-15)29(30)31)27-18-10-11-28(14-18)13-16-2-6-17(7-3-16)21(22,23)24/h2-9,18H,10-14H2,1H3,(H2,25,26,27). The predicted octanol–water partition coefficient (Wildman–Crippen LogP) is 3.55. The van der Waals surface area contributed by atoms with Crippen LogP contribution in [0.15, 0.2) is 53.5 Å². The summed E-state index contributed by atoms with van der Waals surface area (Å²) in [6.45, 7) is 2.64. The number of alkyl halides is 3. The summed E-state index contributed by atoms with van der Waals surface area (Å²) >= 11 is 0. The summed E-state index contributed by atoms with van der Waals surface area (Å²) < 4.78 is 38.1. The topological polar surface area (TPSA) is 82.8 Å². The number of rotatable bonds is 6. The Morgan fingerprint density at radius 2 is 1.81 bits per heavy atom. The fraction of sp³-hybridized carbons (Fsp3) is 0.381. The van der Waals surface area contributed by atoms with E-state index < -0.39 is 16.7 Å². The minimum atomic E-state index is -4.32. The van der Waals surface area contributed by atoms with E-state index in [2.05, 4.69) is 20.5 Å². The molecule has 2 N–H and O–H groups in total. The lowest BCUT2D eigenvalue weighted by molar-refractivity contribution is -0.384. The number of nitrogens with one attached hydrogen (secondary N) is 2. The molecule has 1 heterocycles. The predicted molar refractivity (Wildman–Crippen MR) is 112 cm³/mol. The summed E-state index contributed by atoms with van der Waals surface area (Å²) in [6, 6.07) is 11.8. The molecule has 0 bridgehead atoms. The van der Waals surface area contributed by atoms with E-state index in [9.17, 15) is 23.3 Å². The molecule has 1 fully saturated rings. The number of hydrogen-bond donors (Lipinski definition) is 2. The third-order valence-corrected chi connectivity index (χ3v) is 5.13. The van der Waals surface area contributed by atoms with Gasteiger partial charge in [0.2, 0.25) is 0 Å². The van der Waals surface area contributed by atoms with Gasteiger partial charge < -0.3 is 10.6 Å². The lowest BCUT2D eigenvalue weighted by atomic mass is 10.1. The number of hydrogen-bond acceptors (Lipinski definition) is 4. The fourth-order valence-electron chi connectivity index (χ4n) is 3.46. The quantitative estimate of drug-likeness (QED) is 0.314. The zero-order valence-corrected chi connectivity index (χ0v) is 17.0. The van der Waals surface area contributed by atoms with Gasteiger partial charge in [-0.15, -0.1) is 0 Å². The van der Waals surface area contributed by atoms with Crippen LogP contribution in [0.25, 0.3) is 0 Å². The van der Waals surface area contributed by atoms with Crippen LogP contribution in [0.5, 0.6) is 0 Å². The molecule has 166 valence electrons. The molecular weight excluding hydrogens is 411 g/mol. The van der Waals surface area contributed by atoms with Gasteiger partial charge in [0.25, 0.3) is 5.69 Å². The van der Waals surface area contributed by atoms with Crippen molar-refractivity contribution in [2.45, 2.75) is 31.7 Å². The first-order valence-electron chi connectivity index (χ1n) is 9.83. The summed E-state index contributed by atoms with van der Waals surface area (Å²) in [4.78, 5) is 16.7. The van der Waals surface area contributed by atoms with Crippen molar-refractivity contribution in [2.75, 3.05) is 20.1 Å². The highest BCUT2D eigenvalue weighted by molar-refractivity contribution is 5.80. The van der Waals surface area contributed by atoms with Crippen molar-refractivity contribution in [2.24, 2.45) is 4.99 Å². The van der Waals surface area contributed by atoms with E-state index in [4.69, 9.17) is 0 Å². The Morgan fingerprint density at radius 1 is 1.16 bits per heavy atom. The maximum atomic E-state index is 12.7. The Kier molecular flexibility index (Phi) is 7.11. The van der Waals surface area contributed by atoms with Crippen LogP contribution in [0.1, 0.15) is 23.1 Å². The Hall–Kier alpha value is -3.14. The molecule has 1 unspecified atom stereocenters. The number of nitro groups is 1. The SMILES string of the molecule is CN=C(NCc1ccc([N+](=O)[O-])cc1)NC1CCN(Cc2ccc(C(F)(F)F)cc2)C1. The highest BCUT2D eigenvalue weighted by Gasteiger charge is 2.30. The van der Waals surface area contributed by atoms with Crippen LogP contribution in [0.2, 0.25) is 0 Å². The average molecular weight is 435 g/mol. The number of halogens is 3. The van der Waals surface area contributed by atoms with Crippen LogP contribution in [0.3, 0.4) is 0 Å². The summed E-state index contributed by atoms with van der Waals surface area (Å²) in [5.74, 6) is 0.625. The van der Waals surface area contributed by atoms with Gasteiger partial charge in [-0.25, -0.2) is 0 Å². The number of non-ortho nitro benzene ring substituents is 1. The van der Waals surface area contributed by atoms with Crippen LogP contribution in [0.4, 0.5) is 18.9 Å². The van der Waals surface area contributed by atoms with Gasteiger partial charge in [-0.1, -0.05) is 24.3 Å². The van der Waals surface area contributed by atoms with Gasteiger partial charge in [-0.3, -0.25) is 20.0 Å². The van der Waals surface area contributed by atoms with Crippen molar-refractivity contribution in [1.82, 2.24) is 15.5 Å². The molecule has 0 amide bonds. The van der Waals surface area contributed by atoms with E-state index in [1.807, 2.05) is 0 Å². The largest absolute Gasteiger partial charge is 0.416 e. The van der Waals surface area contributed by atoms with Gasteiger partial charge in [0.15, 0.2) is 5.96 Å². The Balaban J connectivity index is 1.46. The molecule has 3 rings (SSSR count). The number of guanidine groups is 1. The lowest BCUT2D eigenvalue weighted by Gasteiger charge is -2.19. The Labute approximate surface area is 178 Å². The third kappa shape index (κ3) is 6.42. The molecule has 0 aliphatic carbocycles. The second kappa shape index (κ2) is 9.78. The number of nitro benzene ring substituents is 1. The first kappa shape index (κ1) is 22.5. The molecule has 0 spiro atoms. The molecule has 10 heteroatoms. The van der Waals surface area contributed by atoms with E-state index >= 15 is 0 Å². The highest BCUT2D eigenvalue weighted by atomic mass is 19.4. The molecule has 1 atom stereocenters. The van der Waals surface area contributed by atoms with Crippen LogP contribution in [-0.2, 0) is 19.3 Å². The van der Waals surface area contributed by atoms with Crippen LogP contribution in [0, 0.1) is 10.1 Å². The highest BCUT2D eigenvalue weighted by Crippen LogP contribution is 2.29. The van der Waals surface area contributed by atoms with Crippen molar-refractivity contribution in [3.63, 3.8) is 0 Å². The third-order valence-electron chi connectivity index (χ3n) is 5.13. The van der Waals surface area contributed by atoms with Gasteiger partial charge in [-0.05, 0) is 29.7 Å². The number of likely N-dealkylation sites (tertiary alicyclic amines) is 1. The number of nitrogens with zero attached hydrogens (tertiary/aromatic N) is 3. The maximum absolute atomic E-state index is 12.7. The van der Waals surface area contributed by atoms with Crippen LogP contribution < -0.4 is 10.6 Å². The second-order valence-corrected chi connectivity index (χ2v) is 7.41. The van der Waals surface area contributed by atoms with Crippen molar-refractivity contribution >= 4 is 11.6 Å². The van der Waals surface area contributed by atoms with E-state index in [-0.39, 0.29) is 11.7 Å². The normalized spacial score (nSPS) is 17.5. The molecule has 0 saturated carbocycles. The van der Waals surface area contributed by atoms with E-state index in [1.165, 1.54) is 24.3 Å². The summed E-state index contributed by atoms with van der Waals surface area (Å²) in [5, 5.41) is 17.3. The smallest absolute Gasteiger partial charge is 0.352 e. The monoisotopic (exact) mass is 435 g/mol. The van der Waals surface area contributed by atoms with Crippen LogP contribution >= 0.6 is 0 Å². The number of benzene rings is 2. The zero-order valence-electron chi connectivity index (χ0n) is 17.0. The van der Waals surface area contributed by atoms with Gasteiger partial charge in [0, 0.05) is 51.4 Å². The molecule has 7 nitrogen and oxygen atoms in total. The minimum absolute atomic E-state index is 0.0466. The van der Waals surface area contributed by atoms with Crippen molar-refractivity contribution < 1.29 is 18.1 Å². The molecule has 0 aromatic heterocycles.